The molecule has 0 aliphatic carbocycles. The highest BCUT2D eigenvalue weighted by Gasteiger charge is 2.03. The summed E-state index contributed by atoms with van der Waals surface area (Å²) in [4.78, 5) is 4.50. The quantitative estimate of drug-likeness (QED) is 0.618. The van der Waals surface area contributed by atoms with Gasteiger partial charge in [-0.1, -0.05) is 6.07 Å². The fraction of sp³-hybridized carbons (Fsp3) is 0.462. The van der Waals surface area contributed by atoms with Gasteiger partial charge in [-0.2, -0.15) is 0 Å². The number of nitrogens with one attached hydrogen (secondary N) is 2. The van der Waals surface area contributed by atoms with Crippen LogP contribution in [-0.4, -0.2) is 40.2 Å². The molecule has 2 aromatic heterocycles. The van der Waals surface area contributed by atoms with Gasteiger partial charge in [-0.15, -0.1) is 10.2 Å². The molecule has 0 atom stereocenters. The molecule has 6 heteroatoms. The third-order valence-corrected chi connectivity index (χ3v) is 2.68. The molecule has 102 valence electrons. The highest BCUT2D eigenvalue weighted by molar-refractivity contribution is 5.79. The van der Waals surface area contributed by atoms with Gasteiger partial charge in [0, 0.05) is 32.3 Å². The molecule has 0 saturated heterocycles. The second-order valence-electron chi connectivity index (χ2n) is 4.09. The van der Waals surface area contributed by atoms with Crippen LogP contribution in [0.3, 0.4) is 0 Å². The summed E-state index contributed by atoms with van der Waals surface area (Å²) < 4.78 is 2.00. The molecule has 0 spiro atoms. The number of guanidine groups is 1. The zero-order chi connectivity index (χ0) is 13.5. The molecule has 2 aromatic rings. The van der Waals surface area contributed by atoms with Crippen molar-refractivity contribution < 1.29 is 0 Å². The van der Waals surface area contributed by atoms with Crippen LogP contribution in [0.1, 0.15) is 19.7 Å². The topological polar surface area (TPSA) is 66.6 Å². The standard InChI is InChI=1S/C13H20N6/c1-3-14-13(15-4-2)16-9-8-12-18-17-11-7-5-6-10-19(11)12/h5-7,10H,3-4,8-9H2,1-2H3,(H2,14,15,16). The predicted molar refractivity (Wildman–Crippen MR) is 76.3 cm³/mol. The van der Waals surface area contributed by atoms with Crippen molar-refractivity contribution in [1.29, 1.82) is 0 Å². The summed E-state index contributed by atoms with van der Waals surface area (Å²) >= 11 is 0. The SMILES string of the molecule is CCNC(=NCCc1nnc2ccccn12)NCC. The van der Waals surface area contributed by atoms with Crippen molar-refractivity contribution in [1.82, 2.24) is 25.2 Å². The average Bonchev–Trinajstić information content (AvgIpc) is 2.83. The zero-order valence-corrected chi connectivity index (χ0v) is 11.4. The number of aromatic nitrogens is 3. The largest absolute Gasteiger partial charge is 0.357 e. The number of hydrogen-bond acceptors (Lipinski definition) is 3. The lowest BCUT2D eigenvalue weighted by Gasteiger charge is -2.08. The molecule has 0 unspecified atom stereocenters. The fourth-order valence-electron chi connectivity index (χ4n) is 1.84. The molecule has 0 aliphatic rings. The maximum atomic E-state index is 4.50. The number of nitrogens with zero attached hydrogens (tertiary/aromatic N) is 4. The minimum absolute atomic E-state index is 0.686. The molecule has 6 nitrogen and oxygen atoms in total. The summed E-state index contributed by atoms with van der Waals surface area (Å²) in [5.74, 6) is 1.78. The lowest BCUT2D eigenvalue weighted by atomic mass is 10.4. The molecule has 2 rings (SSSR count). The smallest absolute Gasteiger partial charge is 0.191 e. The van der Waals surface area contributed by atoms with E-state index in [4.69, 9.17) is 0 Å². The van der Waals surface area contributed by atoms with Crippen LogP contribution < -0.4 is 10.6 Å². The zero-order valence-electron chi connectivity index (χ0n) is 11.4. The van der Waals surface area contributed by atoms with E-state index < -0.39 is 0 Å². The molecule has 0 aliphatic heterocycles. The van der Waals surface area contributed by atoms with Crippen molar-refractivity contribution in [3.63, 3.8) is 0 Å². The van der Waals surface area contributed by atoms with E-state index in [0.717, 1.165) is 36.9 Å². The van der Waals surface area contributed by atoms with Gasteiger partial charge >= 0.3 is 0 Å². The van der Waals surface area contributed by atoms with E-state index >= 15 is 0 Å². The molecule has 0 fully saturated rings. The van der Waals surface area contributed by atoms with E-state index in [1.807, 2.05) is 28.8 Å². The monoisotopic (exact) mass is 260 g/mol. The van der Waals surface area contributed by atoms with Crippen molar-refractivity contribution in [3.8, 4) is 0 Å². The molecule has 0 bridgehead atoms. The maximum Gasteiger partial charge on any atom is 0.191 e. The molecule has 0 aromatic carbocycles. The minimum Gasteiger partial charge on any atom is -0.357 e. The summed E-state index contributed by atoms with van der Waals surface area (Å²) in [6.45, 7) is 6.52. The van der Waals surface area contributed by atoms with E-state index in [1.165, 1.54) is 0 Å². The van der Waals surface area contributed by atoms with Crippen molar-refractivity contribution in [2.24, 2.45) is 4.99 Å². The van der Waals surface area contributed by atoms with Gasteiger partial charge in [0.1, 0.15) is 5.82 Å². The van der Waals surface area contributed by atoms with Gasteiger partial charge in [-0.25, -0.2) is 0 Å². The first-order valence-corrected chi connectivity index (χ1v) is 6.66. The van der Waals surface area contributed by atoms with E-state index in [2.05, 4.69) is 39.7 Å². The van der Waals surface area contributed by atoms with Gasteiger partial charge in [0.15, 0.2) is 11.6 Å². The highest BCUT2D eigenvalue weighted by Crippen LogP contribution is 2.03. The first-order chi connectivity index (χ1) is 9.35. The summed E-state index contributed by atoms with van der Waals surface area (Å²) in [6, 6.07) is 5.88. The summed E-state index contributed by atoms with van der Waals surface area (Å²) in [5.41, 5.74) is 0.875. The van der Waals surface area contributed by atoms with Gasteiger partial charge in [0.25, 0.3) is 0 Å². The van der Waals surface area contributed by atoms with Gasteiger partial charge in [0.2, 0.25) is 0 Å². The normalized spacial score (nSPS) is 10.4. The molecule has 19 heavy (non-hydrogen) atoms. The first kappa shape index (κ1) is 13.3. The number of rotatable bonds is 5. The molecule has 2 N–H and O–H groups in total. The van der Waals surface area contributed by atoms with Crippen LogP contribution >= 0.6 is 0 Å². The van der Waals surface area contributed by atoms with Crippen LogP contribution in [0.5, 0.6) is 0 Å². The molecule has 2 heterocycles. The first-order valence-electron chi connectivity index (χ1n) is 6.66. The number of pyridine rings is 1. The number of aliphatic imine (C=N–C) groups is 1. The Bertz CT molecular complexity index is 537. The Morgan fingerprint density at radius 2 is 2.00 bits per heavy atom. The molecule has 0 radical (unpaired) electrons. The summed E-state index contributed by atoms with van der Waals surface area (Å²) in [7, 11) is 0. The highest BCUT2D eigenvalue weighted by atomic mass is 15.2. The minimum atomic E-state index is 0.686. The Balaban J connectivity index is 1.99. The summed E-state index contributed by atoms with van der Waals surface area (Å²) in [5, 5.41) is 14.7. The summed E-state index contributed by atoms with van der Waals surface area (Å²) in [6.07, 6.45) is 2.75. The lowest BCUT2D eigenvalue weighted by molar-refractivity contribution is 0.808. The third kappa shape index (κ3) is 3.43. The van der Waals surface area contributed by atoms with Crippen LogP contribution in [0, 0.1) is 0 Å². The van der Waals surface area contributed by atoms with Crippen molar-refractivity contribution in [2.75, 3.05) is 19.6 Å². The Hall–Kier alpha value is -2.11. The second-order valence-corrected chi connectivity index (χ2v) is 4.09. The van der Waals surface area contributed by atoms with Gasteiger partial charge in [-0.05, 0) is 26.0 Å². The lowest BCUT2D eigenvalue weighted by Crippen LogP contribution is -2.37. The maximum absolute atomic E-state index is 4.50. The number of hydrogen-bond donors (Lipinski definition) is 2. The van der Waals surface area contributed by atoms with E-state index in [-0.39, 0.29) is 0 Å². The van der Waals surface area contributed by atoms with Crippen LogP contribution in [0.2, 0.25) is 0 Å². The van der Waals surface area contributed by atoms with E-state index in [1.54, 1.807) is 0 Å². The second kappa shape index (κ2) is 6.72. The Morgan fingerprint density at radius 3 is 2.74 bits per heavy atom. The number of fused-ring (bicyclic) bond motifs is 1. The molecule has 0 saturated carbocycles. The van der Waals surface area contributed by atoms with Crippen LogP contribution in [-0.2, 0) is 6.42 Å². The van der Waals surface area contributed by atoms with Crippen molar-refractivity contribution >= 4 is 11.6 Å². The van der Waals surface area contributed by atoms with Crippen molar-refractivity contribution in [2.45, 2.75) is 20.3 Å². The Morgan fingerprint density at radius 1 is 1.21 bits per heavy atom. The van der Waals surface area contributed by atoms with Crippen LogP contribution in [0.25, 0.3) is 5.65 Å². The van der Waals surface area contributed by atoms with E-state index in [9.17, 15) is 0 Å². The molecular weight excluding hydrogens is 240 g/mol. The van der Waals surface area contributed by atoms with Crippen molar-refractivity contribution in [3.05, 3.63) is 30.2 Å². The van der Waals surface area contributed by atoms with E-state index in [0.29, 0.717) is 6.54 Å². The van der Waals surface area contributed by atoms with Crippen LogP contribution in [0.15, 0.2) is 29.4 Å². The fourth-order valence-corrected chi connectivity index (χ4v) is 1.84. The van der Waals surface area contributed by atoms with Gasteiger partial charge in [0.05, 0.1) is 0 Å². The van der Waals surface area contributed by atoms with Gasteiger partial charge in [-0.3, -0.25) is 9.39 Å². The Labute approximate surface area is 113 Å². The Kier molecular flexibility index (Phi) is 4.72. The van der Waals surface area contributed by atoms with Crippen LogP contribution in [0.4, 0.5) is 0 Å². The van der Waals surface area contributed by atoms with Gasteiger partial charge < -0.3 is 10.6 Å². The molecular formula is C13H20N6. The third-order valence-electron chi connectivity index (χ3n) is 2.68. The average molecular weight is 260 g/mol. The molecule has 0 amide bonds. The predicted octanol–water partition coefficient (Wildman–Crippen LogP) is 0.847.